The van der Waals surface area contributed by atoms with Gasteiger partial charge in [0.1, 0.15) is 0 Å². The highest BCUT2D eigenvalue weighted by molar-refractivity contribution is 5.96. The average Bonchev–Trinajstić information content (AvgIpc) is 3.25. The van der Waals surface area contributed by atoms with Crippen LogP contribution in [0.15, 0.2) is 54.6 Å². The summed E-state index contributed by atoms with van der Waals surface area (Å²) < 4.78 is 0. The van der Waals surface area contributed by atoms with Crippen LogP contribution in [0.4, 0.5) is 10.5 Å². The number of para-hydroxylation sites is 1. The number of fused-ring (bicyclic) bond motifs is 1. The Kier molecular flexibility index (Phi) is 3.75. The lowest BCUT2D eigenvalue weighted by Crippen LogP contribution is -2.55. The molecule has 4 heteroatoms. The second-order valence-electron chi connectivity index (χ2n) is 7.84. The Balaban J connectivity index is 1.36. The summed E-state index contributed by atoms with van der Waals surface area (Å²) in [6, 6.07) is 19.6. The Bertz CT molecular complexity index is 811. The van der Waals surface area contributed by atoms with Gasteiger partial charge in [-0.15, -0.1) is 0 Å². The highest BCUT2D eigenvalue weighted by Crippen LogP contribution is 2.41. The van der Waals surface area contributed by atoms with E-state index in [9.17, 15) is 4.79 Å². The lowest BCUT2D eigenvalue weighted by molar-refractivity contribution is 0.122. The molecule has 4 nitrogen and oxygen atoms in total. The Morgan fingerprint density at radius 1 is 0.962 bits per heavy atom. The van der Waals surface area contributed by atoms with Crippen molar-refractivity contribution in [2.24, 2.45) is 0 Å². The lowest BCUT2D eigenvalue weighted by Gasteiger charge is -2.45. The van der Waals surface area contributed by atoms with Gasteiger partial charge in [-0.1, -0.05) is 42.5 Å². The maximum atomic E-state index is 12.6. The molecule has 1 unspecified atom stereocenters. The standard InChI is InChI=1S/C22H25N3O/c26-21-23-16-22(25(21)18-7-2-1-3-8-18)12-14-24(15-13-22)20-11-10-17-6-4-5-9-19(17)20/h1-9,20H,10-16H2,(H,23,26). The van der Waals surface area contributed by atoms with Gasteiger partial charge in [0.15, 0.2) is 0 Å². The first-order valence-electron chi connectivity index (χ1n) is 9.72. The van der Waals surface area contributed by atoms with Gasteiger partial charge in [-0.25, -0.2) is 4.79 Å². The topological polar surface area (TPSA) is 35.6 Å². The van der Waals surface area contributed by atoms with Crippen molar-refractivity contribution in [1.29, 1.82) is 0 Å². The van der Waals surface area contributed by atoms with Crippen LogP contribution in [-0.4, -0.2) is 36.1 Å². The highest BCUT2D eigenvalue weighted by atomic mass is 16.2. The van der Waals surface area contributed by atoms with E-state index in [1.807, 2.05) is 35.2 Å². The Labute approximate surface area is 154 Å². The number of nitrogens with zero attached hydrogens (tertiary/aromatic N) is 2. The van der Waals surface area contributed by atoms with Gasteiger partial charge in [0, 0.05) is 31.4 Å². The first-order valence-corrected chi connectivity index (χ1v) is 9.72. The summed E-state index contributed by atoms with van der Waals surface area (Å²) in [6.45, 7) is 2.87. The number of hydrogen-bond donors (Lipinski definition) is 1. The van der Waals surface area contributed by atoms with E-state index in [2.05, 4.69) is 34.5 Å². The number of rotatable bonds is 2. The van der Waals surface area contributed by atoms with Crippen molar-refractivity contribution < 1.29 is 4.79 Å². The second-order valence-corrected chi connectivity index (χ2v) is 7.84. The molecule has 2 fully saturated rings. The molecule has 2 aliphatic heterocycles. The van der Waals surface area contributed by atoms with Gasteiger partial charge in [-0.3, -0.25) is 9.80 Å². The summed E-state index contributed by atoms with van der Waals surface area (Å²) in [5.41, 5.74) is 3.97. The van der Waals surface area contributed by atoms with Gasteiger partial charge >= 0.3 is 6.03 Å². The summed E-state index contributed by atoms with van der Waals surface area (Å²) >= 11 is 0. The van der Waals surface area contributed by atoms with E-state index in [1.54, 1.807) is 0 Å². The molecule has 2 aromatic rings. The van der Waals surface area contributed by atoms with Crippen LogP contribution < -0.4 is 10.2 Å². The molecular formula is C22H25N3O. The Morgan fingerprint density at radius 3 is 2.50 bits per heavy atom. The van der Waals surface area contributed by atoms with Crippen molar-refractivity contribution in [3.63, 3.8) is 0 Å². The fourth-order valence-corrected chi connectivity index (χ4v) is 5.15. The molecule has 2 amide bonds. The zero-order valence-electron chi connectivity index (χ0n) is 15.0. The predicted molar refractivity (Wildman–Crippen MR) is 103 cm³/mol. The Hall–Kier alpha value is -2.33. The number of likely N-dealkylation sites (tertiary alicyclic amines) is 1. The minimum absolute atomic E-state index is 0.0517. The third-order valence-corrected chi connectivity index (χ3v) is 6.53. The van der Waals surface area contributed by atoms with Crippen LogP contribution in [-0.2, 0) is 6.42 Å². The van der Waals surface area contributed by atoms with E-state index >= 15 is 0 Å². The van der Waals surface area contributed by atoms with Crippen LogP contribution in [0.5, 0.6) is 0 Å². The molecule has 1 aliphatic carbocycles. The van der Waals surface area contributed by atoms with Gasteiger partial charge in [0.05, 0.1) is 5.54 Å². The number of amides is 2. The molecule has 134 valence electrons. The zero-order valence-corrected chi connectivity index (χ0v) is 15.0. The lowest BCUT2D eigenvalue weighted by atomic mass is 9.85. The minimum Gasteiger partial charge on any atom is -0.335 e. The van der Waals surface area contributed by atoms with Crippen LogP contribution in [0.25, 0.3) is 0 Å². The number of urea groups is 1. The summed E-state index contributed by atoms with van der Waals surface area (Å²) in [6.07, 6.45) is 4.48. The Morgan fingerprint density at radius 2 is 1.69 bits per heavy atom. The molecule has 0 bridgehead atoms. The second kappa shape index (κ2) is 6.13. The van der Waals surface area contributed by atoms with Crippen molar-refractivity contribution in [2.75, 3.05) is 24.5 Å². The molecule has 0 saturated carbocycles. The number of anilines is 1. The van der Waals surface area contributed by atoms with E-state index in [1.165, 1.54) is 24.0 Å². The first-order chi connectivity index (χ1) is 12.8. The number of nitrogens with one attached hydrogen (secondary N) is 1. The quantitative estimate of drug-likeness (QED) is 0.898. The number of benzene rings is 2. The molecule has 5 rings (SSSR count). The minimum atomic E-state index is -0.0763. The molecule has 2 heterocycles. The van der Waals surface area contributed by atoms with Gasteiger partial charge in [-0.05, 0) is 48.9 Å². The van der Waals surface area contributed by atoms with Crippen molar-refractivity contribution in [3.05, 3.63) is 65.7 Å². The van der Waals surface area contributed by atoms with Crippen LogP contribution in [0, 0.1) is 0 Å². The summed E-state index contributed by atoms with van der Waals surface area (Å²) in [5.74, 6) is 0. The van der Waals surface area contributed by atoms with Gasteiger partial charge < -0.3 is 5.32 Å². The van der Waals surface area contributed by atoms with E-state index in [0.717, 1.165) is 38.2 Å². The number of aryl methyl sites for hydroxylation is 1. The molecule has 3 aliphatic rings. The van der Waals surface area contributed by atoms with E-state index in [-0.39, 0.29) is 11.6 Å². The normalized spacial score (nSPS) is 24.7. The molecular weight excluding hydrogens is 322 g/mol. The molecule has 1 N–H and O–H groups in total. The summed E-state index contributed by atoms with van der Waals surface area (Å²) in [5, 5.41) is 3.10. The average molecular weight is 347 g/mol. The summed E-state index contributed by atoms with van der Waals surface area (Å²) in [4.78, 5) is 17.2. The van der Waals surface area contributed by atoms with Crippen molar-refractivity contribution in [2.45, 2.75) is 37.3 Å². The van der Waals surface area contributed by atoms with Crippen LogP contribution in [0.1, 0.15) is 36.4 Å². The number of carbonyl (C=O) groups excluding carboxylic acids is 1. The van der Waals surface area contributed by atoms with E-state index < -0.39 is 0 Å². The van der Waals surface area contributed by atoms with Crippen LogP contribution in [0.3, 0.4) is 0 Å². The van der Waals surface area contributed by atoms with Gasteiger partial charge in [0.25, 0.3) is 0 Å². The number of carbonyl (C=O) groups is 1. The third kappa shape index (κ3) is 2.43. The monoisotopic (exact) mass is 347 g/mol. The smallest absolute Gasteiger partial charge is 0.322 e. The SMILES string of the molecule is O=C1NCC2(CCN(C3CCc4ccccc43)CC2)N1c1ccccc1. The van der Waals surface area contributed by atoms with E-state index in [0.29, 0.717) is 6.04 Å². The molecule has 2 aromatic carbocycles. The molecule has 1 spiro atoms. The van der Waals surface area contributed by atoms with Crippen LogP contribution in [0.2, 0.25) is 0 Å². The third-order valence-electron chi connectivity index (χ3n) is 6.53. The molecule has 2 saturated heterocycles. The van der Waals surface area contributed by atoms with Crippen molar-refractivity contribution in [3.8, 4) is 0 Å². The van der Waals surface area contributed by atoms with E-state index in [4.69, 9.17) is 0 Å². The fourth-order valence-electron chi connectivity index (χ4n) is 5.15. The highest BCUT2D eigenvalue weighted by Gasteiger charge is 2.48. The zero-order chi connectivity index (χ0) is 17.6. The van der Waals surface area contributed by atoms with Crippen LogP contribution >= 0.6 is 0 Å². The fraction of sp³-hybridized carbons (Fsp3) is 0.409. The molecule has 0 aromatic heterocycles. The number of hydrogen-bond acceptors (Lipinski definition) is 2. The van der Waals surface area contributed by atoms with Crippen molar-refractivity contribution in [1.82, 2.24) is 10.2 Å². The van der Waals surface area contributed by atoms with Gasteiger partial charge in [-0.2, -0.15) is 0 Å². The molecule has 1 atom stereocenters. The first kappa shape index (κ1) is 15.9. The van der Waals surface area contributed by atoms with Gasteiger partial charge in [0.2, 0.25) is 0 Å². The van der Waals surface area contributed by atoms with Crippen molar-refractivity contribution >= 4 is 11.7 Å². The summed E-state index contributed by atoms with van der Waals surface area (Å²) in [7, 11) is 0. The maximum absolute atomic E-state index is 12.6. The number of piperidine rings is 1. The molecule has 0 radical (unpaired) electrons. The maximum Gasteiger partial charge on any atom is 0.322 e. The predicted octanol–water partition coefficient (Wildman–Crippen LogP) is 3.74. The largest absolute Gasteiger partial charge is 0.335 e. The molecule has 26 heavy (non-hydrogen) atoms.